The zero-order valence-corrected chi connectivity index (χ0v) is 17.1. The van der Waals surface area contributed by atoms with Crippen molar-refractivity contribution in [2.24, 2.45) is 17.0 Å². The van der Waals surface area contributed by atoms with Crippen molar-refractivity contribution in [2.75, 3.05) is 13.1 Å². The quantitative estimate of drug-likeness (QED) is 0.271. The van der Waals surface area contributed by atoms with Crippen molar-refractivity contribution in [2.45, 2.75) is 43.7 Å². The average Bonchev–Trinajstić information content (AvgIpc) is 3.07. The lowest BCUT2D eigenvalue weighted by Gasteiger charge is -2.46. The number of amides is 1. The Labute approximate surface area is 167 Å². The molecule has 13 heteroatoms. The van der Waals surface area contributed by atoms with E-state index in [0.717, 1.165) is 0 Å². The first-order valence-corrected chi connectivity index (χ1v) is 11.1. The van der Waals surface area contributed by atoms with Gasteiger partial charge < -0.3 is 25.9 Å². The van der Waals surface area contributed by atoms with E-state index in [0.29, 0.717) is 17.9 Å². The Balaban J connectivity index is 0.00000280. The summed E-state index contributed by atoms with van der Waals surface area (Å²) in [7, 11) is -3.76. The van der Waals surface area contributed by atoms with Gasteiger partial charge in [0.1, 0.15) is 5.70 Å². The largest absolute Gasteiger partial charge is 0.477 e. The van der Waals surface area contributed by atoms with Crippen molar-refractivity contribution in [3.05, 3.63) is 10.6 Å². The predicted molar refractivity (Wildman–Crippen MR) is 102 cm³/mol. The number of hydrogen-bond acceptors (Lipinski definition) is 7. The molecule has 6 atom stereocenters. The number of thioether (sulfide) groups is 1. The van der Waals surface area contributed by atoms with E-state index in [-0.39, 0.29) is 46.9 Å². The lowest BCUT2D eigenvalue weighted by atomic mass is 9.79. The third kappa shape index (κ3) is 4.20. The molecule has 0 radical (unpaired) electrons. The first kappa shape index (κ1) is 23.1. The molecule has 28 heavy (non-hydrogen) atoms. The van der Waals surface area contributed by atoms with Crippen LogP contribution in [0.4, 0.5) is 0 Å². The minimum absolute atomic E-state index is 0. The molecule has 1 amide bonds. The molecular formula is C15H26N4O7S2. The van der Waals surface area contributed by atoms with Gasteiger partial charge in [-0.05, 0) is 13.3 Å². The van der Waals surface area contributed by atoms with Gasteiger partial charge in [0.05, 0.1) is 18.1 Å². The second-order valence-electron chi connectivity index (χ2n) is 7.25. The van der Waals surface area contributed by atoms with E-state index in [1.54, 1.807) is 6.92 Å². The Morgan fingerprint density at radius 2 is 2.14 bits per heavy atom. The number of aliphatic carboxylic acids is 1. The normalized spacial score (nSPS) is 33.4. The summed E-state index contributed by atoms with van der Waals surface area (Å²) in [6.45, 7) is 4.17. The third-order valence-electron chi connectivity index (χ3n) is 5.32. The summed E-state index contributed by atoms with van der Waals surface area (Å²) < 4.78 is 24.3. The van der Waals surface area contributed by atoms with Gasteiger partial charge in [0, 0.05) is 35.2 Å². The zero-order valence-electron chi connectivity index (χ0n) is 15.5. The topological polar surface area (TPSA) is 194 Å². The van der Waals surface area contributed by atoms with Crippen LogP contribution in [-0.2, 0) is 19.8 Å². The molecule has 0 aromatic heterocycles. The third-order valence-corrected chi connectivity index (χ3v) is 7.40. The standard InChI is InChI=1S/C15H24N4O6S2.H2O/c1-6-11-10(7(2)20)14(21)19(11)12(15(22)23)13(6)26-9-3-8(17-5-9)4-18-27(16,24)25;/h6-11,17-18,20H,3-5H2,1-2H3,(H,22,23)(H2,16,24,25);1H2/t6-,7-,8+,9+,10?,11-;/m1./s1. The SMILES string of the molecule is C[C@@H](O)C1C(=O)N2C(C(=O)O)=C(S[C@@H]3CN[C@H](CNS(N)(=O)=O)C3)[C@H](C)[C@H]12.O. The predicted octanol–water partition coefficient (Wildman–Crippen LogP) is -2.43. The molecule has 3 heterocycles. The number of aliphatic hydroxyl groups excluding tert-OH is 1. The van der Waals surface area contributed by atoms with Gasteiger partial charge >= 0.3 is 5.97 Å². The van der Waals surface area contributed by atoms with Crippen molar-refractivity contribution in [1.82, 2.24) is 14.9 Å². The Morgan fingerprint density at radius 1 is 1.50 bits per heavy atom. The van der Waals surface area contributed by atoms with Crippen LogP contribution in [0.15, 0.2) is 10.6 Å². The molecule has 0 aromatic rings. The number of nitrogens with two attached hydrogens (primary N) is 1. The van der Waals surface area contributed by atoms with E-state index in [4.69, 9.17) is 5.14 Å². The average molecular weight is 439 g/mol. The highest BCUT2D eigenvalue weighted by molar-refractivity contribution is 8.03. The maximum absolute atomic E-state index is 12.3. The minimum atomic E-state index is -3.76. The van der Waals surface area contributed by atoms with Crippen LogP contribution in [-0.4, -0.2) is 77.4 Å². The van der Waals surface area contributed by atoms with Gasteiger partial charge in [0.15, 0.2) is 0 Å². The summed E-state index contributed by atoms with van der Waals surface area (Å²) in [6, 6.07) is -0.435. The summed E-state index contributed by atoms with van der Waals surface area (Å²) in [5, 5.41) is 27.7. The summed E-state index contributed by atoms with van der Waals surface area (Å²) in [5.41, 5.74) is 0.00510. The molecule has 3 aliphatic heterocycles. The van der Waals surface area contributed by atoms with Gasteiger partial charge in [-0.3, -0.25) is 4.79 Å². The van der Waals surface area contributed by atoms with E-state index in [1.165, 1.54) is 16.7 Å². The van der Waals surface area contributed by atoms with E-state index in [1.807, 2.05) is 6.92 Å². The fourth-order valence-electron chi connectivity index (χ4n) is 4.10. The van der Waals surface area contributed by atoms with Gasteiger partial charge in [-0.1, -0.05) is 6.92 Å². The summed E-state index contributed by atoms with van der Waals surface area (Å²) in [6.07, 6.45) is -0.197. The maximum Gasteiger partial charge on any atom is 0.353 e. The van der Waals surface area contributed by atoms with Crippen molar-refractivity contribution in [3.8, 4) is 0 Å². The Kier molecular flexibility index (Phi) is 6.80. The molecule has 0 spiro atoms. The molecule has 1 unspecified atom stereocenters. The monoisotopic (exact) mass is 438 g/mol. The number of β-lactam (4-membered cyclic amide) rings is 1. The highest BCUT2D eigenvalue weighted by atomic mass is 32.2. The van der Waals surface area contributed by atoms with E-state index < -0.39 is 28.2 Å². The number of nitrogens with zero attached hydrogens (tertiary/aromatic N) is 1. The van der Waals surface area contributed by atoms with E-state index in [9.17, 15) is 28.2 Å². The first-order chi connectivity index (χ1) is 12.5. The number of aliphatic hydroxyl groups is 1. The highest BCUT2D eigenvalue weighted by Crippen LogP contribution is 2.51. The van der Waals surface area contributed by atoms with Gasteiger partial charge in [-0.2, -0.15) is 8.42 Å². The molecular weight excluding hydrogens is 412 g/mol. The number of carboxylic acid groups (broad SMARTS) is 1. The molecule has 0 aromatic carbocycles. The van der Waals surface area contributed by atoms with Crippen LogP contribution in [0, 0.1) is 11.8 Å². The minimum Gasteiger partial charge on any atom is -0.477 e. The number of nitrogens with one attached hydrogen (secondary N) is 2. The van der Waals surface area contributed by atoms with E-state index in [2.05, 4.69) is 10.0 Å². The smallest absolute Gasteiger partial charge is 0.353 e. The number of hydrogen-bond donors (Lipinski definition) is 5. The van der Waals surface area contributed by atoms with Gasteiger partial charge in [0.25, 0.3) is 10.2 Å². The molecule has 8 N–H and O–H groups in total. The zero-order chi connectivity index (χ0) is 20.1. The Morgan fingerprint density at radius 3 is 2.68 bits per heavy atom. The lowest BCUT2D eigenvalue weighted by Crippen LogP contribution is -2.63. The first-order valence-electron chi connectivity index (χ1n) is 8.67. The Bertz CT molecular complexity index is 785. The van der Waals surface area contributed by atoms with Gasteiger partial charge in [-0.15, -0.1) is 11.8 Å². The van der Waals surface area contributed by atoms with Crippen molar-refractivity contribution in [1.29, 1.82) is 0 Å². The molecule has 0 saturated carbocycles. The molecule has 0 bridgehead atoms. The second kappa shape index (κ2) is 8.26. The Hall–Kier alpha value is -1.22. The van der Waals surface area contributed by atoms with Gasteiger partial charge in [0.2, 0.25) is 5.91 Å². The molecule has 3 aliphatic rings. The van der Waals surface area contributed by atoms with Crippen LogP contribution in [0.5, 0.6) is 0 Å². The van der Waals surface area contributed by atoms with E-state index >= 15 is 0 Å². The summed E-state index contributed by atoms with van der Waals surface area (Å²) in [5.74, 6) is -2.27. The van der Waals surface area contributed by atoms with Crippen molar-refractivity contribution in [3.63, 3.8) is 0 Å². The van der Waals surface area contributed by atoms with Gasteiger partial charge in [-0.25, -0.2) is 14.7 Å². The maximum atomic E-state index is 12.3. The molecule has 2 fully saturated rings. The fraction of sp³-hybridized carbons (Fsp3) is 0.733. The highest BCUT2D eigenvalue weighted by Gasteiger charge is 2.60. The van der Waals surface area contributed by atoms with Crippen molar-refractivity contribution >= 4 is 33.8 Å². The number of carbonyl (C=O) groups is 2. The molecule has 11 nitrogen and oxygen atoms in total. The van der Waals surface area contributed by atoms with Crippen LogP contribution in [0.3, 0.4) is 0 Å². The molecule has 2 saturated heterocycles. The molecule has 0 aliphatic carbocycles. The fourth-order valence-corrected chi connectivity index (χ4v) is 6.05. The number of carbonyl (C=O) groups excluding carboxylic acids is 1. The number of carboxylic acids is 1. The van der Waals surface area contributed by atoms with Crippen molar-refractivity contribution < 1.29 is 33.7 Å². The number of fused-ring (bicyclic) bond motifs is 1. The van der Waals surface area contributed by atoms with Crippen LogP contribution in [0.25, 0.3) is 0 Å². The molecule has 3 rings (SSSR count). The van der Waals surface area contributed by atoms with Crippen LogP contribution in [0.1, 0.15) is 20.3 Å². The molecule has 160 valence electrons. The second-order valence-corrected chi connectivity index (χ2v) is 9.97. The summed E-state index contributed by atoms with van der Waals surface area (Å²) >= 11 is 1.41. The van der Waals surface area contributed by atoms with Crippen LogP contribution in [0.2, 0.25) is 0 Å². The number of rotatable bonds is 7. The lowest BCUT2D eigenvalue weighted by molar-refractivity contribution is -0.163. The van der Waals surface area contributed by atoms with Crippen LogP contribution < -0.4 is 15.2 Å². The van der Waals surface area contributed by atoms with Crippen LogP contribution >= 0.6 is 11.8 Å². The summed E-state index contributed by atoms with van der Waals surface area (Å²) in [4.78, 5) is 26.1.